The number of likely N-dealkylation sites (N-methyl/N-ethyl adjacent to an activating group) is 1. The van der Waals surface area contributed by atoms with Crippen LogP contribution in [0.5, 0.6) is 0 Å². The lowest BCUT2D eigenvalue weighted by Gasteiger charge is -2.18. The molecule has 1 amide bonds. The fourth-order valence-corrected chi connectivity index (χ4v) is 4.48. The number of rotatable bonds is 6. The third-order valence-electron chi connectivity index (χ3n) is 6.36. The van der Waals surface area contributed by atoms with Crippen molar-refractivity contribution in [3.8, 4) is 5.69 Å². The molecule has 0 fully saturated rings. The first-order chi connectivity index (χ1) is 18.1. The number of hydrogen-bond donors (Lipinski definition) is 2. The van der Waals surface area contributed by atoms with E-state index in [1.807, 2.05) is 18.2 Å². The van der Waals surface area contributed by atoms with E-state index in [2.05, 4.69) is 20.6 Å². The quantitative estimate of drug-likeness (QED) is 0.402. The van der Waals surface area contributed by atoms with Crippen molar-refractivity contribution >= 4 is 28.6 Å². The number of carbonyl (C=O) groups excluding carboxylic acids is 1. The molecule has 0 atom stereocenters. The molecule has 38 heavy (non-hydrogen) atoms. The highest BCUT2D eigenvalue weighted by atomic mass is 19.4. The maximum absolute atomic E-state index is 13.5. The van der Waals surface area contributed by atoms with Crippen LogP contribution in [0.4, 0.5) is 24.8 Å². The number of nitrogens with zero attached hydrogens (tertiary/aromatic N) is 5. The van der Waals surface area contributed by atoms with Crippen molar-refractivity contribution in [3.63, 3.8) is 0 Å². The van der Waals surface area contributed by atoms with E-state index in [0.717, 1.165) is 29.9 Å². The first-order valence-corrected chi connectivity index (χ1v) is 12.0. The molecule has 12 heteroatoms. The van der Waals surface area contributed by atoms with E-state index in [1.165, 1.54) is 22.2 Å². The monoisotopic (exact) mass is 525 g/mol. The molecular formula is C26H26F3N7O2. The maximum Gasteiger partial charge on any atom is 0.408 e. The highest BCUT2D eigenvalue weighted by Gasteiger charge is 2.32. The third-order valence-corrected chi connectivity index (χ3v) is 6.36. The summed E-state index contributed by atoms with van der Waals surface area (Å²) < 4.78 is 42.3. The van der Waals surface area contributed by atoms with Gasteiger partial charge in [-0.2, -0.15) is 18.2 Å². The summed E-state index contributed by atoms with van der Waals surface area (Å²) in [6.45, 7) is 0.151. The lowest BCUT2D eigenvalue weighted by molar-refractivity contribution is -0.144. The van der Waals surface area contributed by atoms with Gasteiger partial charge in [0.15, 0.2) is 5.65 Å². The fourth-order valence-electron chi connectivity index (χ4n) is 4.48. The van der Waals surface area contributed by atoms with Gasteiger partial charge in [0.1, 0.15) is 11.9 Å². The van der Waals surface area contributed by atoms with Crippen molar-refractivity contribution in [1.29, 1.82) is 0 Å². The minimum atomic E-state index is -4.65. The number of aromatic nitrogens is 4. The molecule has 198 valence electrons. The van der Waals surface area contributed by atoms with Gasteiger partial charge < -0.3 is 15.5 Å². The first kappa shape index (κ1) is 25.5. The standard InChI is InChI=1S/C26H26F3N7O2/c1-34(2)22(37)11-16-4-3-5-20(10-16)36-23-21(24(38)35(36)15-26(27,28)29)14-31-25(33-23)32-19-7-6-18-13-30-9-8-17(18)12-19/h3-7,10,12,14,30H,8-9,11,13,15H2,1-2H3,(H,31,32,33). The number of amides is 1. The Morgan fingerprint density at radius 3 is 2.74 bits per heavy atom. The number of carbonyl (C=O) groups is 1. The normalized spacial score (nSPS) is 13.4. The summed E-state index contributed by atoms with van der Waals surface area (Å²) in [5, 5.41) is 6.38. The van der Waals surface area contributed by atoms with Crippen molar-refractivity contribution in [2.75, 3.05) is 26.0 Å². The Labute approximate surface area is 215 Å². The van der Waals surface area contributed by atoms with Crippen molar-refractivity contribution < 1.29 is 18.0 Å². The Morgan fingerprint density at radius 2 is 1.97 bits per heavy atom. The summed E-state index contributed by atoms with van der Waals surface area (Å²) in [5.41, 5.74) is 3.14. The fraction of sp³-hybridized carbons (Fsp3) is 0.308. The molecule has 0 saturated heterocycles. The molecule has 0 saturated carbocycles. The summed E-state index contributed by atoms with van der Waals surface area (Å²) >= 11 is 0. The number of alkyl halides is 3. The first-order valence-electron chi connectivity index (χ1n) is 12.0. The van der Waals surface area contributed by atoms with E-state index in [1.54, 1.807) is 38.4 Å². The van der Waals surface area contributed by atoms with Gasteiger partial charge in [0.25, 0.3) is 5.56 Å². The Morgan fingerprint density at radius 1 is 1.16 bits per heavy atom. The predicted octanol–water partition coefficient (Wildman–Crippen LogP) is 3.16. The molecule has 9 nitrogen and oxygen atoms in total. The predicted molar refractivity (Wildman–Crippen MR) is 137 cm³/mol. The second-order valence-corrected chi connectivity index (χ2v) is 9.39. The van der Waals surface area contributed by atoms with Crippen LogP contribution in [0.1, 0.15) is 16.7 Å². The van der Waals surface area contributed by atoms with E-state index < -0.39 is 18.3 Å². The van der Waals surface area contributed by atoms with Gasteiger partial charge in [-0.1, -0.05) is 18.2 Å². The molecule has 1 aliphatic heterocycles. The summed E-state index contributed by atoms with van der Waals surface area (Å²) in [4.78, 5) is 35.4. The van der Waals surface area contributed by atoms with E-state index in [-0.39, 0.29) is 35.0 Å². The number of nitrogens with one attached hydrogen (secondary N) is 2. The van der Waals surface area contributed by atoms with Crippen LogP contribution < -0.4 is 16.2 Å². The second-order valence-electron chi connectivity index (χ2n) is 9.39. The zero-order valence-corrected chi connectivity index (χ0v) is 20.8. The summed E-state index contributed by atoms with van der Waals surface area (Å²) in [7, 11) is 3.25. The van der Waals surface area contributed by atoms with E-state index in [0.29, 0.717) is 10.2 Å². The van der Waals surface area contributed by atoms with Crippen molar-refractivity contribution in [2.45, 2.75) is 32.1 Å². The summed E-state index contributed by atoms with van der Waals surface area (Å²) in [6, 6.07) is 12.4. The van der Waals surface area contributed by atoms with Gasteiger partial charge in [0, 0.05) is 32.5 Å². The van der Waals surface area contributed by atoms with Gasteiger partial charge in [-0.25, -0.2) is 14.3 Å². The Kier molecular flexibility index (Phi) is 6.66. The zero-order valence-electron chi connectivity index (χ0n) is 20.8. The Bertz CT molecular complexity index is 1570. The lowest BCUT2D eigenvalue weighted by Crippen LogP contribution is -2.30. The van der Waals surface area contributed by atoms with E-state index in [4.69, 9.17) is 0 Å². The molecule has 0 radical (unpaired) electrons. The van der Waals surface area contributed by atoms with Gasteiger partial charge in [0.2, 0.25) is 11.9 Å². The summed E-state index contributed by atoms with van der Waals surface area (Å²) in [6.07, 6.45) is -2.49. The van der Waals surface area contributed by atoms with Gasteiger partial charge >= 0.3 is 6.18 Å². The smallest absolute Gasteiger partial charge is 0.349 e. The van der Waals surface area contributed by atoms with E-state index >= 15 is 0 Å². The lowest BCUT2D eigenvalue weighted by atomic mass is 10.0. The van der Waals surface area contributed by atoms with Crippen LogP contribution in [-0.4, -0.2) is 57.0 Å². The van der Waals surface area contributed by atoms with Crippen molar-refractivity contribution in [3.05, 3.63) is 75.7 Å². The molecule has 0 unspecified atom stereocenters. The molecule has 5 rings (SSSR count). The summed E-state index contributed by atoms with van der Waals surface area (Å²) in [5.74, 6) is -0.0231. The topological polar surface area (TPSA) is 97.1 Å². The third kappa shape index (κ3) is 5.25. The number of hydrogen-bond acceptors (Lipinski definition) is 6. The average molecular weight is 526 g/mol. The Hall–Kier alpha value is -4.19. The minimum Gasteiger partial charge on any atom is -0.349 e. The van der Waals surface area contributed by atoms with Gasteiger partial charge in [-0.05, 0) is 53.9 Å². The highest BCUT2D eigenvalue weighted by Crippen LogP contribution is 2.25. The van der Waals surface area contributed by atoms with Gasteiger partial charge in [0.05, 0.1) is 12.1 Å². The molecule has 3 heterocycles. The maximum atomic E-state index is 13.5. The number of benzene rings is 2. The van der Waals surface area contributed by atoms with Crippen LogP contribution in [-0.2, 0) is 30.7 Å². The molecule has 0 spiro atoms. The van der Waals surface area contributed by atoms with Crippen LogP contribution in [0.15, 0.2) is 53.5 Å². The second kappa shape index (κ2) is 9.93. The van der Waals surface area contributed by atoms with Gasteiger partial charge in [-0.3, -0.25) is 9.59 Å². The number of fused-ring (bicyclic) bond motifs is 2. The van der Waals surface area contributed by atoms with Crippen molar-refractivity contribution in [2.24, 2.45) is 0 Å². The number of anilines is 2. The molecule has 0 aliphatic carbocycles. The van der Waals surface area contributed by atoms with Crippen LogP contribution in [0.2, 0.25) is 0 Å². The van der Waals surface area contributed by atoms with Gasteiger partial charge in [-0.15, -0.1) is 0 Å². The minimum absolute atomic E-state index is 0.0231. The molecular weight excluding hydrogens is 499 g/mol. The molecule has 4 aromatic rings. The van der Waals surface area contributed by atoms with Crippen molar-refractivity contribution in [1.82, 2.24) is 29.5 Å². The highest BCUT2D eigenvalue weighted by molar-refractivity contribution is 5.79. The molecule has 2 aromatic heterocycles. The molecule has 2 N–H and O–H groups in total. The SMILES string of the molecule is CN(C)C(=O)Cc1cccc(-n2c3nc(Nc4ccc5c(c4)CCNC5)ncc3c(=O)n2CC(F)(F)F)c1. The number of halogens is 3. The largest absolute Gasteiger partial charge is 0.408 e. The molecule has 2 aromatic carbocycles. The molecule has 0 bridgehead atoms. The van der Waals surface area contributed by atoms with Crippen LogP contribution >= 0.6 is 0 Å². The van der Waals surface area contributed by atoms with E-state index in [9.17, 15) is 22.8 Å². The Balaban J connectivity index is 1.60. The average Bonchev–Trinajstić information content (AvgIpc) is 3.13. The van der Waals surface area contributed by atoms with Crippen LogP contribution in [0.25, 0.3) is 16.7 Å². The molecule has 1 aliphatic rings. The van der Waals surface area contributed by atoms with Crippen LogP contribution in [0.3, 0.4) is 0 Å². The zero-order chi connectivity index (χ0) is 27.0. The van der Waals surface area contributed by atoms with Crippen LogP contribution in [0, 0.1) is 0 Å².